The van der Waals surface area contributed by atoms with Crippen molar-refractivity contribution in [3.05, 3.63) is 29.8 Å². The summed E-state index contributed by atoms with van der Waals surface area (Å²) in [6.07, 6.45) is 1.30. The Balaban J connectivity index is 0.00000220. The van der Waals surface area contributed by atoms with Gasteiger partial charge in [0.2, 0.25) is 10.0 Å². The van der Waals surface area contributed by atoms with Crippen molar-refractivity contribution in [2.24, 2.45) is 5.73 Å². The Morgan fingerprint density at radius 1 is 1.33 bits per heavy atom. The van der Waals surface area contributed by atoms with E-state index in [2.05, 4.69) is 4.74 Å². The second-order valence-corrected chi connectivity index (χ2v) is 6.70. The molecule has 0 aliphatic carbocycles. The zero-order chi connectivity index (χ0) is 14.8. The second-order valence-electron chi connectivity index (χ2n) is 4.76. The molecule has 0 unspecified atom stereocenters. The van der Waals surface area contributed by atoms with Crippen molar-refractivity contribution >= 4 is 28.4 Å². The predicted molar refractivity (Wildman–Crippen MR) is 81.0 cm³/mol. The highest BCUT2D eigenvalue weighted by atomic mass is 35.5. The highest BCUT2D eigenvalue weighted by molar-refractivity contribution is 7.89. The normalized spacial score (nSPS) is 17.0. The molecule has 0 atom stereocenters. The summed E-state index contributed by atoms with van der Waals surface area (Å²) in [7, 11) is -2.32. The number of rotatable bonds is 3. The highest BCUT2D eigenvalue weighted by Crippen LogP contribution is 2.21. The molecule has 2 rings (SSSR count). The van der Waals surface area contributed by atoms with E-state index in [0.29, 0.717) is 25.9 Å². The maximum atomic E-state index is 12.5. The fraction of sp³-hybridized carbons (Fsp3) is 0.462. The Bertz CT molecular complexity index is 598. The van der Waals surface area contributed by atoms with E-state index in [9.17, 15) is 13.2 Å². The standard InChI is InChI=1S/C13H18N2O4S.ClH/c1-19-13(16)10-3-2-4-12(9-10)20(17,18)15-7-5-11(14)6-8-15;/h2-4,9,11H,5-8,14H2,1H3;1H. The molecule has 0 spiro atoms. The zero-order valence-corrected chi connectivity index (χ0v) is 13.3. The summed E-state index contributed by atoms with van der Waals surface area (Å²) in [6, 6.07) is 5.94. The molecule has 1 heterocycles. The number of carbonyl (C=O) groups excluding carboxylic acids is 1. The molecular weight excluding hydrogens is 316 g/mol. The number of nitrogens with two attached hydrogens (primary N) is 1. The number of methoxy groups -OCH3 is 1. The molecule has 8 heteroatoms. The van der Waals surface area contributed by atoms with Crippen LogP contribution in [0.3, 0.4) is 0 Å². The van der Waals surface area contributed by atoms with Crippen molar-refractivity contribution in [3.63, 3.8) is 0 Å². The first-order chi connectivity index (χ1) is 9.45. The lowest BCUT2D eigenvalue weighted by Gasteiger charge is -2.29. The summed E-state index contributed by atoms with van der Waals surface area (Å²) in [5, 5.41) is 0. The lowest BCUT2D eigenvalue weighted by Crippen LogP contribution is -2.42. The van der Waals surface area contributed by atoms with Crippen molar-refractivity contribution < 1.29 is 17.9 Å². The molecule has 1 aromatic rings. The van der Waals surface area contributed by atoms with Gasteiger partial charge in [0.25, 0.3) is 0 Å². The van der Waals surface area contributed by atoms with Crippen molar-refractivity contribution in [1.82, 2.24) is 4.31 Å². The summed E-state index contributed by atoms with van der Waals surface area (Å²) in [6.45, 7) is 0.817. The Hall–Kier alpha value is -1.15. The van der Waals surface area contributed by atoms with Gasteiger partial charge < -0.3 is 10.5 Å². The van der Waals surface area contributed by atoms with E-state index in [4.69, 9.17) is 5.73 Å². The van der Waals surface area contributed by atoms with Gasteiger partial charge in [-0.2, -0.15) is 4.31 Å². The monoisotopic (exact) mass is 334 g/mol. The number of benzene rings is 1. The molecule has 1 fully saturated rings. The molecule has 0 radical (unpaired) electrons. The van der Waals surface area contributed by atoms with Gasteiger partial charge in [0.05, 0.1) is 17.6 Å². The van der Waals surface area contributed by atoms with Crippen LogP contribution in [0.25, 0.3) is 0 Å². The van der Waals surface area contributed by atoms with Crippen LogP contribution < -0.4 is 5.73 Å². The number of piperidine rings is 1. The number of sulfonamides is 1. The van der Waals surface area contributed by atoms with Gasteiger partial charge in [0, 0.05) is 19.1 Å². The first kappa shape index (κ1) is 17.9. The van der Waals surface area contributed by atoms with Gasteiger partial charge in [0.15, 0.2) is 0 Å². The fourth-order valence-electron chi connectivity index (χ4n) is 2.17. The average molecular weight is 335 g/mol. The Morgan fingerprint density at radius 2 is 1.95 bits per heavy atom. The Kier molecular flexibility index (Phi) is 6.15. The number of nitrogens with zero attached hydrogens (tertiary/aromatic N) is 1. The largest absolute Gasteiger partial charge is 0.465 e. The van der Waals surface area contributed by atoms with Crippen molar-refractivity contribution in [2.45, 2.75) is 23.8 Å². The van der Waals surface area contributed by atoms with Crippen LogP contribution >= 0.6 is 12.4 Å². The van der Waals surface area contributed by atoms with Crippen LogP contribution in [0, 0.1) is 0 Å². The molecule has 6 nitrogen and oxygen atoms in total. The summed E-state index contributed by atoms with van der Waals surface area (Å²) >= 11 is 0. The third-order valence-corrected chi connectivity index (χ3v) is 5.29. The molecule has 21 heavy (non-hydrogen) atoms. The van der Waals surface area contributed by atoms with Gasteiger partial charge in [-0.15, -0.1) is 12.4 Å². The van der Waals surface area contributed by atoms with Crippen LogP contribution in [0.1, 0.15) is 23.2 Å². The van der Waals surface area contributed by atoms with Gasteiger partial charge in [-0.05, 0) is 31.0 Å². The van der Waals surface area contributed by atoms with Gasteiger partial charge in [-0.3, -0.25) is 0 Å². The number of halogens is 1. The van der Waals surface area contributed by atoms with Gasteiger partial charge in [0.1, 0.15) is 0 Å². The van der Waals surface area contributed by atoms with Crippen molar-refractivity contribution in [1.29, 1.82) is 0 Å². The van der Waals surface area contributed by atoms with Crippen LogP contribution in [-0.2, 0) is 14.8 Å². The lowest BCUT2D eigenvalue weighted by atomic mass is 10.1. The van der Waals surface area contributed by atoms with Crippen LogP contribution in [0.5, 0.6) is 0 Å². The molecule has 1 aliphatic rings. The predicted octanol–water partition coefficient (Wildman–Crippen LogP) is 1.01. The van der Waals surface area contributed by atoms with Crippen molar-refractivity contribution in [2.75, 3.05) is 20.2 Å². The SMILES string of the molecule is COC(=O)c1cccc(S(=O)(=O)N2CCC(N)CC2)c1.Cl. The smallest absolute Gasteiger partial charge is 0.337 e. The van der Waals surface area contributed by atoms with E-state index in [-0.39, 0.29) is 28.9 Å². The third-order valence-electron chi connectivity index (χ3n) is 3.39. The van der Waals surface area contributed by atoms with E-state index in [0.717, 1.165) is 0 Å². The summed E-state index contributed by atoms with van der Waals surface area (Å²) in [5.74, 6) is -0.553. The summed E-state index contributed by atoms with van der Waals surface area (Å²) in [4.78, 5) is 11.6. The lowest BCUT2D eigenvalue weighted by molar-refractivity contribution is 0.0600. The molecule has 0 bridgehead atoms. The van der Waals surface area contributed by atoms with Crippen LogP contribution in [0.4, 0.5) is 0 Å². The zero-order valence-electron chi connectivity index (χ0n) is 11.7. The summed E-state index contributed by atoms with van der Waals surface area (Å²) < 4.78 is 31.0. The van der Waals surface area contributed by atoms with E-state index in [1.807, 2.05) is 0 Å². The molecular formula is C13H19ClN2O4S. The number of hydrogen-bond acceptors (Lipinski definition) is 5. The van der Waals surface area contributed by atoms with Gasteiger partial charge in [-0.25, -0.2) is 13.2 Å². The number of carbonyl (C=O) groups is 1. The first-order valence-electron chi connectivity index (χ1n) is 6.39. The minimum absolute atomic E-state index is 0. The highest BCUT2D eigenvalue weighted by Gasteiger charge is 2.28. The molecule has 1 saturated heterocycles. The second kappa shape index (κ2) is 7.22. The first-order valence-corrected chi connectivity index (χ1v) is 7.83. The maximum Gasteiger partial charge on any atom is 0.337 e. The van der Waals surface area contributed by atoms with Crippen LogP contribution in [0.2, 0.25) is 0 Å². The number of ether oxygens (including phenoxy) is 1. The molecule has 0 amide bonds. The molecule has 1 aromatic carbocycles. The summed E-state index contributed by atoms with van der Waals surface area (Å²) in [5.41, 5.74) is 6.00. The third kappa shape index (κ3) is 3.94. The quantitative estimate of drug-likeness (QED) is 0.833. The van der Waals surface area contributed by atoms with E-state index >= 15 is 0 Å². The van der Waals surface area contributed by atoms with Crippen LogP contribution in [0.15, 0.2) is 29.2 Å². The van der Waals surface area contributed by atoms with E-state index in [1.165, 1.54) is 35.7 Å². The number of hydrogen-bond donors (Lipinski definition) is 1. The maximum absolute atomic E-state index is 12.5. The van der Waals surface area contributed by atoms with Gasteiger partial charge in [-0.1, -0.05) is 6.07 Å². The molecule has 0 saturated carbocycles. The van der Waals surface area contributed by atoms with Crippen LogP contribution in [-0.4, -0.2) is 44.9 Å². The van der Waals surface area contributed by atoms with Crippen molar-refractivity contribution in [3.8, 4) is 0 Å². The number of esters is 1. The average Bonchev–Trinajstić information content (AvgIpc) is 2.47. The molecule has 2 N–H and O–H groups in total. The molecule has 0 aromatic heterocycles. The Morgan fingerprint density at radius 3 is 2.52 bits per heavy atom. The molecule has 118 valence electrons. The Labute approximate surface area is 130 Å². The van der Waals surface area contributed by atoms with Gasteiger partial charge >= 0.3 is 5.97 Å². The fourth-order valence-corrected chi connectivity index (χ4v) is 3.68. The van der Waals surface area contributed by atoms with E-state index < -0.39 is 16.0 Å². The molecule has 1 aliphatic heterocycles. The minimum Gasteiger partial charge on any atom is -0.465 e. The topological polar surface area (TPSA) is 89.7 Å². The minimum atomic E-state index is -3.58. The van der Waals surface area contributed by atoms with E-state index in [1.54, 1.807) is 0 Å².